The molecule has 1 saturated heterocycles. The van der Waals surface area contributed by atoms with Gasteiger partial charge in [-0.2, -0.15) is 8.78 Å². The van der Waals surface area contributed by atoms with E-state index in [9.17, 15) is 13.6 Å². The van der Waals surface area contributed by atoms with Crippen molar-refractivity contribution in [2.45, 2.75) is 19.5 Å². The molecule has 1 amide bonds. The summed E-state index contributed by atoms with van der Waals surface area (Å²) in [6, 6.07) is 5.77. The van der Waals surface area contributed by atoms with E-state index < -0.39 is 6.61 Å². The largest absolute Gasteiger partial charge is 0.435 e. The highest BCUT2D eigenvalue weighted by atomic mass is 19.3. The first kappa shape index (κ1) is 14.7. The number of ether oxygens (including phenoxy) is 2. The van der Waals surface area contributed by atoms with Gasteiger partial charge in [0.15, 0.2) is 0 Å². The molecule has 110 valence electrons. The van der Waals surface area contributed by atoms with E-state index >= 15 is 0 Å². The van der Waals surface area contributed by atoms with Crippen molar-refractivity contribution >= 4 is 5.91 Å². The Labute approximate surface area is 116 Å². The Bertz CT molecular complexity index is 448. The van der Waals surface area contributed by atoms with Gasteiger partial charge in [-0.25, -0.2) is 0 Å². The topological polar surface area (TPSA) is 47.6 Å². The summed E-state index contributed by atoms with van der Waals surface area (Å²) < 4.78 is 33.7. The maximum absolute atomic E-state index is 12.1. The number of carbonyl (C=O) groups is 1. The molecule has 0 aromatic heterocycles. The van der Waals surface area contributed by atoms with Crippen molar-refractivity contribution < 1.29 is 23.0 Å². The Balaban J connectivity index is 1.81. The van der Waals surface area contributed by atoms with Crippen molar-refractivity contribution in [2.75, 3.05) is 19.8 Å². The molecule has 1 unspecified atom stereocenters. The van der Waals surface area contributed by atoms with E-state index in [1.165, 1.54) is 18.2 Å². The lowest BCUT2D eigenvalue weighted by Gasteiger charge is -2.10. The summed E-state index contributed by atoms with van der Waals surface area (Å²) in [5.41, 5.74) is 0.311. The molecule has 4 nitrogen and oxygen atoms in total. The molecule has 1 aliphatic heterocycles. The van der Waals surface area contributed by atoms with Crippen molar-refractivity contribution in [1.29, 1.82) is 0 Å². The molecule has 1 fully saturated rings. The zero-order valence-electron chi connectivity index (χ0n) is 11.0. The summed E-state index contributed by atoms with van der Waals surface area (Å²) in [6.45, 7) is -0.817. The zero-order valence-corrected chi connectivity index (χ0v) is 11.0. The molecule has 0 aliphatic carbocycles. The van der Waals surface area contributed by atoms with Crippen LogP contribution in [0.4, 0.5) is 8.78 Å². The average molecular weight is 285 g/mol. The van der Waals surface area contributed by atoms with Crippen LogP contribution in [0, 0.1) is 5.92 Å². The molecule has 20 heavy (non-hydrogen) atoms. The van der Waals surface area contributed by atoms with E-state index in [0.717, 1.165) is 26.1 Å². The second-order valence-electron chi connectivity index (χ2n) is 4.68. The summed E-state index contributed by atoms with van der Waals surface area (Å²) in [5, 5.41) is 2.77. The lowest BCUT2D eigenvalue weighted by molar-refractivity contribution is -0.0498. The quantitative estimate of drug-likeness (QED) is 0.873. The number of halogens is 2. The second-order valence-corrected chi connectivity index (χ2v) is 4.68. The molecule has 1 heterocycles. The first-order valence-corrected chi connectivity index (χ1v) is 6.56. The Morgan fingerprint density at radius 3 is 3.05 bits per heavy atom. The van der Waals surface area contributed by atoms with Crippen LogP contribution in [0.25, 0.3) is 0 Å². The molecule has 0 radical (unpaired) electrons. The highest BCUT2D eigenvalue weighted by Gasteiger charge is 2.15. The highest BCUT2D eigenvalue weighted by molar-refractivity contribution is 5.94. The summed E-state index contributed by atoms with van der Waals surface area (Å²) in [7, 11) is 0. The van der Waals surface area contributed by atoms with Crippen LogP contribution in [0.15, 0.2) is 24.3 Å². The fourth-order valence-electron chi connectivity index (χ4n) is 2.12. The molecule has 1 atom stereocenters. The lowest BCUT2D eigenvalue weighted by Crippen LogP contribution is -2.26. The minimum Gasteiger partial charge on any atom is -0.435 e. The first-order valence-electron chi connectivity index (χ1n) is 6.56. The van der Waals surface area contributed by atoms with Gasteiger partial charge in [0.1, 0.15) is 5.75 Å². The van der Waals surface area contributed by atoms with Gasteiger partial charge in [-0.3, -0.25) is 4.79 Å². The number of hydrogen-bond acceptors (Lipinski definition) is 3. The maximum Gasteiger partial charge on any atom is 0.387 e. The van der Waals surface area contributed by atoms with Crippen LogP contribution in [0.3, 0.4) is 0 Å². The number of hydrogen-bond donors (Lipinski definition) is 1. The fourth-order valence-corrected chi connectivity index (χ4v) is 2.12. The fraction of sp³-hybridized carbons (Fsp3) is 0.500. The third kappa shape index (κ3) is 4.45. The predicted octanol–water partition coefficient (Wildman–Crippen LogP) is 2.44. The van der Waals surface area contributed by atoms with Crippen LogP contribution in [-0.2, 0) is 4.74 Å². The molecule has 1 aliphatic rings. The van der Waals surface area contributed by atoms with Gasteiger partial charge >= 0.3 is 6.61 Å². The summed E-state index contributed by atoms with van der Waals surface area (Å²) >= 11 is 0. The van der Waals surface area contributed by atoms with Crippen LogP contribution in [-0.4, -0.2) is 32.3 Å². The third-order valence-corrected chi connectivity index (χ3v) is 3.18. The van der Waals surface area contributed by atoms with Crippen LogP contribution in [0.5, 0.6) is 5.75 Å². The van der Waals surface area contributed by atoms with Gasteiger partial charge in [-0.05, 0) is 37.0 Å². The summed E-state index contributed by atoms with van der Waals surface area (Å²) in [4.78, 5) is 11.9. The molecule has 1 aromatic carbocycles. The molecular formula is C14H17F2NO3. The Hall–Kier alpha value is -1.69. The third-order valence-electron chi connectivity index (χ3n) is 3.18. The van der Waals surface area contributed by atoms with E-state index in [1.54, 1.807) is 6.07 Å². The van der Waals surface area contributed by atoms with E-state index in [0.29, 0.717) is 18.0 Å². The average Bonchev–Trinajstić information content (AvgIpc) is 2.91. The van der Waals surface area contributed by atoms with Gasteiger partial charge < -0.3 is 14.8 Å². The van der Waals surface area contributed by atoms with Crippen molar-refractivity contribution in [3.8, 4) is 5.75 Å². The molecule has 0 bridgehead atoms. The Morgan fingerprint density at radius 1 is 1.50 bits per heavy atom. The summed E-state index contributed by atoms with van der Waals surface area (Å²) in [5.74, 6) is 0.185. The standard InChI is InChI=1S/C14H17F2NO3/c15-14(16)20-12-3-1-2-11(8-12)13(18)17-6-4-10-5-7-19-9-10/h1-3,8,10,14H,4-7,9H2,(H,17,18). The van der Waals surface area contributed by atoms with Gasteiger partial charge in [0.2, 0.25) is 0 Å². The number of alkyl halides is 2. The molecule has 0 saturated carbocycles. The second kappa shape index (κ2) is 7.19. The van der Waals surface area contributed by atoms with E-state index in [2.05, 4.69) is 10.1 Å². The van der Waals surface area contributed by atoms with Crippen molar-refractivity contribution in [3.05, 3.63) is 29.8 Å². The van der Waals surface area contributed by atoms with Crippen LogP contribution in [0.1, 0.15) is 23.2 Å². The molecule has 6 heteroatoms. The number of benzene rings is 1. The van der Waals surface area contributed by atoms with Gasteiger partial charge in [-0.1, -0.05) is 6.07 Å². The van der Waals surface area contributed by atoms with Gasteiger partial charge in [0, 0.05) is 25.3 Å². The Kier molecular flexibility index (Phi) is 5.29. The van der Waals surface area contributed by atoms with Crippen molar-refractivity contribution in [2.24, 2.45) is 5.92 Å². The first-order chi connectivity index (χ1) is 9.65. The van der Waals surface area contributed by atoms with Gasteiger partial charge in [0.25, 0.3) is 5.91 Å². The molecular weight excluding hydrogens is 268 g/mol. The van der Waals surface area contributed by atoms with Crippen LogP contribution in [0.2, 0.25) is 0 Å². The highest BCUT2D eigenvalue weighted by Crippen LogP contribution is 2.17. The van der Waals surface area contributed by atoms with Crippen LogP contribution >= 0.6 is 0 Å². The molecule has 0 spiro atoms. The minimum absolute atomic E-state index is 0.0168. The van der Waals surface area contributed by atoms with Crippen LogP contribution < -0.4 is 10.1 Å². The SMILES string of the molecule is O=C(NCCC1CCOC1)c1cccc(OC(F)F)c1. The lowest BCUT2D eigenvalue weighted by atomic mass is 10.1. The summed E-state index contributed by atoms with van der Waals surface area (Å²) in [6.07, 6.45) is 1.88. The predicted molar refractivity (Wildman–Crippen MR) is 69.0 cm³/mol. The molecule has 1 aromatic rings. The number of carbonyl (C=O) groups excluding carboxylic acids is 1. The number of rotatable bonds is 6. The van der Waals surface area contributed by atoms with Crippen molar-refractivity contribution in [3.63, 3.8) is 0 Å². The Morgan fingerprint density at radius 2 is 2.35 bits per heavy atom. The van der Waals surface area contributed by atoms with Crippen molar-refractivity contribution in [1.82, 2.24) is 5.32 Å². The van der Waals surface area contributed by atoms with E-state index in [1.807, 2.05) is 0 Å². The molecule has 2 rings (SSSR count). The van der Waals surface area contributed by atoms with E-state index in [4.69, 9.17) is 4.74 Å². The van der Waals surface area contributed by atoms with Gasteiger partial charge in [0.05, 0.1) is 0 Å². The number of amides is 1. The zero-order chi connectivity index (χ0) is 14.4. The minimum atomic E-state index is -2.89. The number of nitrogens with one attached hydrogen (secondary N) is 1. The van der Waals surface area contributed by atoms with Gasteiger partial charge in [-0.15, -0.1) is 0 Å². The maximum atomic E-state index is 12.1. The smallest absolute Gasteiger partial charge is 0.387 e. The monoisotopic (exact) mass is 285 g/mol. The molecule has 1 N–H and O–H groups in total. The van der Waals surface area contributed by atoms with E-state index in [-0.39, 0.29) is 11.7 Å². The normalized spacial score (nSPS) is 18.2.